The zero-order valence-electron chi connectivity index (χ0n) is 21.8. The summed E-state index contributed by atoms with van der Waals surface area (Å²) in [5, 5.41) is 0.545. The van der Waals surface area contributed by atoms with E-state index in [1.165, 1.54) is 14.2 Å². The quantitative estimate of drug-likeness (QED) is 0.240. The van der Waals surface area contributed by atoms with Crippen molar-refractivity contribution in [2.45, 2.75) is 25.6 Å². The molecule has 0 spiro atoms. The van der Waals surface area contributed by atoms with Crippen LogP contribution in [-0.4, -0.2) is 55.4 Å². The largest absolute Gasteiger partial charge is 0.494 e. The lowest BCUT2D eigenvalue weighted by Gasteiger charge is -2.22. The number of carbonyl (C=O) groups excluding carboxylic acids is 2. The molecule has 1 fully saturated rings. The summed E-state index contributed by atoms with van der Waals surface area (Å²) >= 11 is 0. The summed E-state index contributed by atoms with van der Waals surface area (Å²) in [6.45, 7) is 0.646. The van der Waals surface area contributed by atoms with E-state index in [1.54, 1.807) is 30.6 Å². The first kappa shape index (κ1) is 26.4. The molecule has 1 saturated heterocycles. The highest BCUT2D eigenvalue weighted by atomic mass is 16.8. The molecule has 3 heterocycles. The van der Waals surface area contributed by atoms with Gasteiger partial charge in [-0.15, -0.1) is 0 Å². The first-order chi connectivity index (χ1) is 19.1. The highest BCUT2D eigenvalue weighted by Crippen LogP contribution is 2.37. The van der Waals surface area contributed by atoms with Crippen molar-refractivity contribution < 1.29 is 28.6 Å². The number of hydroxylamine groups is 1. The fraction of sp³-hybridized carbons (Fsp3) is 0.267. The molecule has 4 aromatic rings. The predicted molar refractivity (Wildman–Crippen MR) is 145 cm³/mol. The van der Waals surface area contributed by atoms with Crippen molar-refractivity contribution in [3.63, 3.8) is 0 Å². The predicted octanol–water partition coefficient (Wildman–Crippen LogP) is 4.99. The van der Waals surface area contributed by atoms with Gasteiger partial charge < -0.3 is 14.2 Å². The first-order valence-corrected chi connectivity index (χ1v) is 12.7. The van der Waals surface area contributed by atoms with Gasteiger partial charge >= 0.3 is 0 Å². The second kappa shape index (κ2) is 12.1. The van der Waals surface area contributed by atoms with Gasteiger partial charge in [-0.3, -0.25) is 14.6 Å². The number of fused-ring (bicyclic) bond motifs is 1. The first-order valence-electron chi connectivity index (χ1n) is 12.7. The minimum atomic E-state index is -0.487. The molecule has 1 unspecified atom stereocenters. The van der Waals surface area contributed by atoms with Gasteiger partial charge in [0.2, 0.25) is 0 Å². The third kappa shape index (κ3) is 5.80. The molecule has 1 aliphatic rings. The van der Waals surface area contributed by atoms with Gasteiger partial charge in [0.1, 0.15) is 12.3 Å². The molecule has 9 nitrogen and oxygen atoms in total. The Morgan fingerprint density at radius 3 is 2.36 bits per heavy atom. The fourth-order valence-electron chi connectivity index (χ4n) is 4.57. The number of nitrogens with zero attached hydrogens (tertiary/aromatic N) is 2. The van der Waals surface area contributed by atoms with Crippen molar-refractivity contribution >= 4 is 22.6 Å². The molecule has 0 bridgehead atoms. The Balaban J connectivity index is 1.46. The second-order valence-electron chi connectivity index (χ2n) is 9.12. The number of hydrogen-bond acceptors (Lipinski definition) is 8. The third-order valence-electron chi connectivity index (χ3n) is 6.57. The normalized spacial score (nSPS) is 15.2. The maximum absolute atomic E-state index is 13.4. The number of pyridine rings is 2. The van der Waals surface area contributed by atoms with Crippen LogP contribution >= 0.6 is 0 Å². The van der Waals surface area contributed by atoms with Crippen LogP contribution in [0.1, 0.15) is 40.0 Å². The van der Waals surface area contributed by atoms with Crippen LogP contribution in [0, 0.1) is 0 Å². The smallest absolute Gasteiger partial charge is 0.279 e. The number of ether oxygens (including phenoxy) is 3. The van der Waals surface area contributed by atoms with E-state index < -0.39 is 12.2 Å². The number of Topliss-reactive ketones (excluding diaryl/α,β-unsaturated/α-hetero) is 1. The van der Waals surface area contributed by atoms with Crippen LogP contribution in [0.2, 0.25) is 0 Å². The van der Waals surface area contributed by atoms with Crippen molar-refractivity contribution in [2.75, 3.05) is 27.4 Å². The van der Waals surface area contributed by atoms with Crippen LogP contribution in [0.15, 0.2) is 67.0 Å². The zero-order valence-corrected chi connectivity index (χ0v) is 21.8. The number of nitrogens with one attached hydrogen (secondary N) is 1. The van der Waals surface area contributed by atoms with Crippen molar-refractivity contribution in [2.24, 2.45) is 0 Å². The maximum Gasteiger partial charge on any atom is 0.279 e. The zero-order chi connectivity index (χ0) is 27.2. The number of amides is 1. The van der Waals surface area contributed by atoms with E-state index in [4.69, 9.17) is 24.0 Å². The van der Waals surface area contributed by atoms with Crippen LogP contribution in [0.25, 0.3) is 33.3 Å². The summed E-state index contributed by atoms with van der Waals surface area (Å²) in [5.74, 6) is -0.224. The summed E-state index contributed by atoms with van der Waals surface area (Å²) < 4.78 is 16.2. The number of ketones is 1. The summed E-state index contributed by atoms with van der Waals surface area (Å²) in [4.78, 5) is 40.0. The third-order valence-corrected chi connectivity index (χ3v) is 6.57. The standard InChI is InChI=1S/C30H29N3O6/c1-36-18-25(34)21-10-6-19(7-11-21)20-8-12-22(13-9-20)28-29(37-2)27(23-17-31-15-14-24(23)32-28)30(35)33-39-26-5-3-4-16-38-26/h6-15,17,26H,3-5,16,18H2,1-2H3,(H,33,35). The molecule has 1 atom stereocenters. The molecule has 200 valence electrons. The Morgan fingerprint density at radius 2 is 1.69 bits per heavy atom. The summed E-state index contributed by atoms with van der Waals surface area (Å²) in [6, 6.07) is 16.9. The number of rotatable bonds is 9. The molecule has 0 radical (unpaired) electrons. The van der Waals surface area contributed by atoms with E-state index in [-0.39, 0.29) is 18.0 Å². The number of carbonyl (C=O) groups is 2. The van der Waals surface area contributed by atoms with Crippen LogP contribution in [0.5, 0.6) is 5.75 Å². The lowest BCUT2D eigenvalue weighted by atomic mass is 9.99. The highest BCUT2D eigenvalue weighted by molar-refractivity contribution is 6.10. The van der Waals surface area contributed by atoms with Crippen LogP contribution in [0.3, 0.4) is 0 Å². The average molecular weight is 528 g/mol. The summed E-state index contributed by atoms with van der Waals surface area (Å²) in [7, 11) is 3.01. The van der Waals surface area contributed by atoms with Gasteiger partial charge in [0.25, 0.3) is 5.91 Å². The number of aromatic nitrogens is 2. The van der Waals surface area contributed by atoms with Crippen molar-refractivity contribution in [1.82, 2.24) is 15.4 Å². The van der Waals surface area contributed by atoms with E-state index >= 15 is 0 Å². The molecular formula is C30H29N3O6. The number of benzene rings is 2. The van der Waals surface area contributed by atoms with E-state index in [1.807, 2.05) is 36.4 Å². The average Bonchev–Trinajstić information content (AvgIpc) is 2.99. The van der Waals surface area contributed by atoms with Gasteiger partial charge in [-0.25, -0.2) is 15.3 Å². The molecule has 39 heavy (non-hydrogen) atoms. The Morgan fingerprint density at radius 1 is 0.974 bits per heavy atom. The van der Waals surface area contributed by atoms with Gasteiger partial charge in [0.15, 0.2) is 17.8 Å². The SMILES string of the molecule is COCC(=O)c1ccc(-c2ccc(-c3nc4ccncc4c(C(=O)NOC4CCCCO4)c3OC)cc2)cc1. The topological polar surface area (TPSA) is 109 Å². The van der Waals surface area contributed by atoms with Crippen molar-refractivity contribution in [3.8, 4) is 28.1 Å². The summed E-state index contributed by atoms with van der Waals surface area (Å²) in [6.07, 6.45) is 5.39. The molecule has 0 aliphatic carbocycles. The molecule has 9 heteroatoms. The molecule has 0 saturated carbocycles. The van der Waals surface area contributed by atoms with E-state index in [9.17, 15) is 9.59 Å². The Labute approximate surface area is 226 Å². The van der Waals surface area contributed by atoms with Gasteiger partial charge in [-0.05, 0) is 30.0 Å². The van der Waals surface area contributed by atoms with Gasteiger partial charge in [0, 0.05) is 49.0 Å². The van der Waals surface area contributed by atoms with E-state index in [2.05, 4.69) is 10.5 Å². The number of methoxy groups -OCH3 is 2. The van der Waals surface area contributed by atoms with Crippen molar-refractivity contribution in [3.05, 3.63) is 78.1 Å². The fourth-order valence-corrected chi connectivity index (χ4v) is 4.57. The van der Waals surface area contributed by atoms with Crippen LogP contribution in [-0.2, 0) is 14.3 Å². The van der Waals surface area contributed by atoms with Gasteiger partial charge in [-0.1, -0.05) is 48.5 Å². The number of hydrogen-bond donors (Lipinski definition) is 1. The Bertz CT molecular complexity index is 1470. The second-order valence-corrected chi connectivity index (χ2v) is 9.12. The van der Waals surface area contributed by atoms with Crippen LogP contribution in [0.4, 0.5) is 0 Å². The van der Waals surface area contributed by atoms with Gasteiger partial charge in [0.05, 0.1) is 18.2 Å². The molecule has 2 aromatic carbocycles. The highest BCUT2D eigenvalue weighted by Gasteiger charge is 2.24. The van der Waals surface area contributed by atoms with Crippen LogP contribution < -0.4 is 10.2 Å². The molecule has 5 rings (SSSR count). The molecule has 1 N–H and O–H groups in total. The minimum absolute atomic E-state index is 0.0468. The Kier molecular flexibility index (Phi) is 8.21. The molecular weight excluding hydrogens is 498 g/mol. The molecule has 1 amide bonds. The lowest BCUT2D eigenvalue weighted by molar-refractivity contribution is -0.186. The Hall–Kier alpha value is -4.18. The minimum Gasteiger partial charge on any atom is -0.494 e. The van der Waals surface area contributed by atoms with Gasteiger partial charge in [-0.2, -0.15) is 0 Å². The molecule has 1 aliphatic heterocycles. The summed E-state index contributed by atoms with van der Waals surface area (Å²) in [5.41, 5.74) is 7.22. The van der Waals surface area contributed by atoms with E-state index in [0.29, 0.717) is 40.9 Å². The van der Waals surface area contributed by atoms with Crippen molar-refractivity contribution in [1.29, 1.82) is 0 Å². The lowest BCUT2D eigenvalue weighted by Crippen LogP contribution is -2.33. The maximum atomic E-state index is 13.4. The molecule has 2 aromatic heterocycles. The monoisotopic (exact) mass is 527 g/mol. The van der Waals surface area contributed by atoms with E-state index in [0.717, 1.165) is 29.5 Å².